The predicted molar refractivity (Wildman–Crippen MR) is 81.9 cm³/mol. The van der Waals surface area contributed by atoms with Crippen LogP contribution >= 0.6 is 0 Å². The van der Waals surface area contributed by atoms with Crippen LogP contribution in [0.5, 0.6) is 5.75 Å². The maximum Gasteiger partial charge on any atom is 0.115 e. The Balaban J connectivity index is 2.01. The predicted octanol–water partition coefficient (Wildman–Crippen LogP) is 5.40. The molecule has 2 aromatic rings. The van der Waals surface area contributed by atoms with Gasteiger partial charge in [0.25, 0.3) is 0 Å². The SMILES string of the molecule is CCC(C)Cc1ccc(N=Nc2ccc(O)cc2)cc1. The fourth-order valence-corrected chi connectivity index (χ4v) is 1.88. The van der Waals surface area contributed by atoms with E-state index >= 15 is 0 Å². The van der Waals surface area contributed by atoms with Crippen molar-refractivity contribution in [2.45, 2.75) is 26.7 Å². The zero-order valence-electron chi connectivity index (χ0n) is 12.0. The van der Waals surface area contributed by atoms with E-state index in [4.69, 9.17) is 0 Å². The highest BCUT2D eigenvalue weighted by molar-refractivity contribution is 5.42. The van der Waals surface area contributed by atoms with Crippen LogP contribution in [0.1, 0.15) is 25.8 Å². The monoisotopic (exact) mass is 268 g/mol. The molecule has 0 aliphatic carbocycles. The van der Waals surface area contributed by atoms with E-state index in [1.807, 2.05) is 12.1 Å². The molecular formula is C17H20N2O. The summed E-state index contributed by atoms with van der Waals surface area (Å²) in [5, 5.41) is 17.5. The Morgan fingerprint density at radius 1 is 0.900 bits per heavy atom. The van der Waals surface area contributed by atoms with Gasteiger partial charge >= 0.3 is 0 Å². The summed E-state index contributed by atoms with van der Waals surface area (Å²) in [7, 11) is 0. The van der Waals surface area contributed by atoms with Gasteiger partial charge in [0.1, 0.15) is 5.75 Å². The summed E-state index contributed by atoms with van der Waals surface area (Å²) in [6.07, 6.45) is 2.30. The molecule has 1 N–H and O–H groups in total. The highest BCUT2D eigenvalue weighted by Crippen LogP contribution is 2.21. The first-order valence-corrected chi connectivity index (χ1v) is 6.97. The van der Waals surface area contributed by atoms with E-state index in [0.717, 1.165) is 17.8 Å². The second kappa shape index (κ2) is 6.85. The molecule has 0 radical (unpaired) electrons. The number of azo groups is 1. The van der Waals surface area contributed by atoms with Gasteiger partial charge in [-0.3, -0.25) is 0 Å². The minimum absolute atomic E-state index is 0.235. The fourth-order valence-electron chi connectivity index (χ4n) is 1.88. The van der Waals surface area contributed by atoms with E-state index in [0.29, 0.717) is 5.92 Å². The third kappa shape index (κ3) is 4.19. The Bertz CT molecular complexity index is 559. The second-order valence-corrected chi connectivity index (χ2v) is 5.10. The zero-order chi connectivity index (χ0) is 14.4. The molecule has 0 bridgehead atoms. The Morgan fingerprint density at radius 3 is 1.90 bits per heavy atom. The second-order valence-electron chi connectivity index (χ2n) is 5.10. The first-order valence-electron chi connectivity index (χ1n) is 6.97. The molecule has 0 saturated heterocycles. The third-order valence-electron chi connectivity index (χ3n) is 3.35. The average Bonchev–Trinajstić information content (AvgIpc) is 2.48. The van der Waals surface area contributed by atoms with E-state index in [1.54, 1.807) is 24.3 Å². The van der Waals surface area contributed by atoms with Gasteiger partial charge in [0.15, 0.2) is 0 Å². The molecule has 0 spiro atoms. The van der Waals surface area contributed by atoms with Crippen LogP contribution in [0, 0.1) is 5.92 Å². The Hall–Kier alpha value is -2.16. The topological polar surface area (TPSA) is 45.0 Å². The highest BCUT2D eigenvalue weighted by atomic mass is 16.3. The molecule has 0 aromatic heterocycles. The average molecular weight is 268 g/mol. The minimum Gasteiger partial charge on any atom is -0.508 e. The normalized spacial score (nSPS) is 12.7. The number of phenols is 1. The molecule has 0 aliphatic heterocycles. The fraction of sp³-hybridized carbons (Fsp3) is 0.294. The summed E-state index contributed by atoms with van der Waals surface area (Å²) in [5.74, 6) is 0.942. The first-order chi connectivity index (χ1) is 9.67. The van der Waals surface area contributed by atoms with Crippen LogP contribution < -0.4 is 0 Å². The van der Waals surface area contributed by atoms with Crippen molar-refractivity contribution in [1.29, 1.82) is 0 Å². The van der Waals surface area contributed by atoms with E-state index in [2.05, 4.69) is 36.2 Å². The molecular weight excluding hydrogens is 248 g/mol. The Kier molecular flexibility index (Phi) is 4.88. The molecule has 0 heterocycles. The number of benzene rings is 2. The van der Waals surface area contributed by atoms with Crippen LogP contribution in [-0.4, -0.2) is 5.11 Å². The summed E-state index contributed by atoms with van der Waals surface area (Å²) in [6.45, 7) is 4.48. The number of aromatic hydroxyl groups is 1. The summed E-state index contributed by atoms with van der Waals surface area (Å²) in [6, 6.07) is 14.9. The van der Waals surface area contributed by atoms with Crippen LogP contribution in [0.3, 0.4) is 0 Å². The van der Waals surface area contributed by atoms with Gasteiger partial charge in [-0.1, -0.05) is 32.4 Å². The molecule has 0 aliphatic rings. The summed E-state index contributed by atoms with van der Waals surface area (Å²) in [4.78, 5) is 0. The number of hydrogen-bond acceptors (Lipinski definition) is 3. The largest absolute Gasteiger partial charge is 0.508 e. The lowest BCUT2D eigenvalue weighted by Gasteiger charge is -2.07. The van der Waals surface area contributed by atoms with Crippen molar-refractivity contribution >= 4 is 11.4 Å². The number of rotatable bonds is 5. The maximum absolute atomic E-state index is 9.19. The third-order valence-corrected chi connectivity index (χ3v) is 3.35. The van der Waals surface area contributed by atoms with E-state index in [9.17, 15) is 5.11 Å². The van der Waals surface area contributed by atoms with Crippen molar-refractivity contribution in [3.63, 3.8) is 0 Å². The van der Waals surface area contributed by atoms with E-state index in [1.165, 1.54) is 12.0 Å². The molecule has 3 heteroatoms. The summed E-state index contributed by atoms with van der Waals surface area (Å²) < 4.78 is 0. The van der Waals surface area contributed by atoms with E-state index < -0.39 is 0 Å². The highest BCUT2D eigenvalue weighted by Gasteiger charge is 2.00. The van der Waals surface area contributed by atoms with Crippen molar-refractivity contribution in [3.05, 3.63) is 54.1 Å². The number of hydrogen-bond donors (Lipinski definition) is 1. The Labute approximate surface area is 120 Å². The van der Waals surface area contributed by atoms with Crippen LogP contribution in [-0.2, 0) is 6.42 Å². The van der Waals surface area contributed by atoms with Gasteiger partial charge in [-0.15, -0.1) is 0 Å². The molecule has 2 aromatic carbocycles. The number of nitrogens with zero attached hydrogens (tertiary/aromatic N) is 2. The van der Waals surface area contributed by atoms with Crippen LogP contribution in [0.2, 0.25) is 0 Å². The molecule has 1 unspecified atom stereocenters. The van der Waals surface area contributed by atoms with Gasteiger partial charge in [0, 0.05) is 0 Å². The molecule has 104 valence electrons. The first kappa shape index (κ1) is 14.3. The van der Waals surface area contributed by atoms with Crippen molar-refractivity contribution in [2.75, 3.05) is 0 Å². The molecule has 1 atom stereocenters. The standard InChI is InChI=1S/C17H20N2O/c1-3-13(2)12-14-4-6-15(7-5-14)18-19-16-8-10-17(20)11-9-16/h4-11,13,20H,3,12H2,1-2H3. The summed E-state index contributed by atoms with van der Waals surface area (Å²) in [5.41, 5.74) is 2.90. The van der Waals surface area contributed by atoms with Gasteiger partial charge in [0.2, 0.25) is 0 Å². The van der Waals surface area contributed by atoms with Gasteiger partial charge in [-0.2, -0.15) is 10.2 Å². The van der Waals surface area contributed by atoms with Crippen molar-refractivity contribution < 1.29 is 5.11 Å². The lowest BCUT2D eigenvalue weighted by Crippen LogP contribution is -1.96. The van der Waals surface area contributed by atoms with Crippen molar-refractivity contribution in [3.8, 4) is 5.75 Å². The lowest BCUT2D eigenvalue weighted by molar-refractivity contribution is 0.475. The van der Waals surface area contributed by atoms with E-state index in [-0.39, 0.29) is 5.75 Å². The molecule has 3 nitrogen and oxygen atoms in total. The summed E-state index contributed by atoms with van der Waals surface area (Å²) >= 11 is 0. The van der Waals surface area contributed by atoms with Gasteiger partial charge in [-0.05, 0) is 54.3 Å². The molecule has 0 fully saturated rings. The molecule has 0 amide bonds. The van der Waals surface area contributed by atoms with Crippen molar-refractivity contribution in [1.82, 2.24) is 0 Å². The number of phenolic OH excluding ortho intramolecular Hbond substituents is 1. The van der Waals surface area contributed by atoms with Crippen LogP contribution in [0.4, 0.5) is 11.4 Å². The molecule has 2 rings (SSSR count). The minimum atomic E-state index is 0.235. The zero-order valence-corrected chi connectivity index (χ0v) is 12.0. The smallest absolute Gasteiger partial charge is 0.115 e. The lowest BCUT2D eigenvalue weighted by atomic mass is 9.99. The van der Waals surface area contributed by atoms with Gasteiger partial charge in [-0.25, -0.2) is 0 Å². The van der Waals surface area contributed by atoms with Crippen LogP contribution in [0.25, 0.3) is 0 Å². The van der Waals surface area contributed by atoms with Crippen LogP contribution in [0.15, 0.2) is 58.8 Å². The van der Waals surface area contributed by atoms with Crippen molar-refractivity contribution in [2.24, 2.45) is 16.1 Å². The molecule has 20 heavy (non-hydrogen) atoms. The quantitative estimate of drug-likeness (QED) is 0.725. The van der Waals surface area contributed by atoms with Gasteiger partial charge in [0.05, 0.1) is 11.4 Å². The Morgan fingerprint density at radius 2 is 1.40 bits per heavy atom. The maximum atomic E-state index is 9.19. The molecule has 0 saturated carbocycles. The van der Waals surface area contributed by atoms with Gasteiger partial charge < -0.3 is 5.11 Å².